The van der Waals surface area contributed by atoms with Gasteiger partial charge in [-0.1, -0.05) is 41.1 Å². The van der Waals surface area contributed by atoms with Crippen molar-refractivity contribution in [1.29, 1.82) is 0 Å². The molecule has 0 bridgehead atoms. The van der Waals surface area contributed by atoms with Crippen LogP contribution >= 0.6 is 15.9 Å². The van der Waals surface area contributed by atoms with E-state index < -0.39 is 0 Å². The summed E-state index contributed by atoms with van der Waals surface area (Å²) < 4.78 is 1.05. The average Bonchev–Trinajstić information content (AvgIpc) is 3.01. The molecule has 1 aliphatic rings. The summed E-state index contributed by atoms with van der Waals surface area (Å²) in [5.41, 5.74) is 4.96. The largest absolute Gasteiger partial charge is 0.326 e. The smallest absolute Gasteiger partial charge is 0.229 e. The van der Waals surface area contributed by atoms with Crippen LogP contribution in [0.15, 0.2) is 40.9 Å². The van der Waals surface area contributed by atoms with E-state index in [1.54, 1.807) is 4.90 Å². The summed E-state index contributed by atoms with van der Waals surface area (Å²) in [6, 6.07) is 11.8. The SMILES string of the molecule is CCc1ccccc1N1C[C@H](C(=O)Nc2cc(C)c(Br)c(C)c2)CC1=O. The standard InChI is InChI=1S/C21H23BrN2O2/c1-4-15-7-5-6-8-18(15)24-12-16(11-19(24)25)21(26)23-17-9-13(2)20(22)14(3)10-17/h5-10,16H,4,11-12H2,1-3H3,(H,23,26)/t16-/m1/s1. The van der Waals surface area contributed by atoms with Gasteiger partial charge in [-0.2, -0.15) is 0 Å². The van der Waals surface area contributed by atoms with E-state index in [0.717, 1.165) is 39.0 Å². The molecular formula is C21H23BrN2O2. The quantitative estimate of drug-likeness (QED) is 0.792. The Hall–Kier alpha value is -2.14. The van der Waals surface area contributed by atoms with Crippen molar-refractivity contribution in [2.45, 2.75) is 33.6 Å². The first-order valence-electron chi connectivity index (χ1n) is 8.86. The van der Waals surface area contributed by atoms with Crippen LogP contribution in [0.5, 0.6) is 0 Å². The third kappa shape index (κ3) is 3.68. The van der Waals surface area contributed by atoms with Crippen molar-refractivity contribution in [2.75, 3.05) is 16.8 Å². The lowest BCUT2D eigenvalue weighted by molar-refractivity contribution is -0.122. The minimum Gasteiger partial charge on any atom is -0.326 e. The molecule has 1 heterocycles. The average molecular weight is 415 g/mol. The van der Waals surface area contributed by atoms with Crippen LogP contribution in [-0.4, -0.2) is 18.4 Å². The van der Waals surface area contributed by atoms with Gasteiger partial charge in [0.2, 0.25) is 11.8 Å². The molecule has 0 aliphatic carbocycles. The Kier molecular flexibility index (Phi) is 5.47. The molecule has 2 amide bonds. The Morgan fingerprint density at radius 3 is 2.54 bits per heavy atom. The van der Waals surface area contributed by atoms with Crippen LogP contribution in [0.3, 0.4) is 0 Å². The number of amides is 2. The third-order valence-corrected chi connectivity index (χ3v) is 6.11. The molecular weight excluding hydrogens is 392 g/mol. The number of para-hydroxylation sites is 1. The predicted molar refractivity (Wildman–Crippen MR) is 109 cm³/mol. The van der Waals surface area contributed by atoms with Gasteiger partial charge in [-0.05, 0) is 55.2 Å². The molecule has 0 unspecified atom stereocenters. The highest BCUT2D eigenvalue weighted by Gasteiger charge is 2.35. The predicted octanol–water partition coefficient (Wildman–Crippen LogP) is 4.62. The van der Waals surface area contributed by atoms with Crippen LogP contribution in [0.1, 0.15) is 30.0 Å². The Labute approximate surface area is 162 Å². The van der Waals surface area contributed by atoms with E-state index in [9.17, 15) is 9.59 Å². The second-order valence-corrected chi connectivity index (χ2v) is 7.59. The van der Waals surface area contributed by atoms with Crippen molar-refractivity contribution in [3.63, 3.8) is 0 Å². The number of anilines is 2. The van der Waals surface area contributed by atoms with E-state index >= 15 is 0 Å². The monoisotopic (exact) mass is 414 g/mol. The van der Waals surface area contributed by atoms with Crippen molar-refractivity contribution in [2.24, 2.45) is 5.92 Å². The summed E-state index contributed by atoms with van der Waals surface area (Å²) in [6.07, 6.45) is 1.10. The van der Waals surface area contributed by atoms with Gasteiger partial charge in [0.05, 0.1) is 5.92 Å². The highest BCUT2D eigenvalue weighted by molar-refractivity contribution is 9.10. The molecule has 0 spiro atoms. The molecule has 0 aromatic heterocycles. The lowest BCUT2D eigenvalue weighted by atomic mass is 10.1. The van der Waals surface area contributed by atoms with Gasteiger partial charge in [0.1, 0.15) is 0 Å². The number of hydrogen-bond acceptors (Lipinski definition) is 2. The summed E-state index contributed by atoms with van der Waals surface area (Å²) in [7, 11) is 0. The number of aryl methyl sites for hydroxylation is 3. The maximum atomic E-state index is 12.7. The number of nitrogens with one attached hydrogen (secondary N) is 1. The van der Waals surface area contributed by atoms with Crippen LogP contribution in [-0.2, 0) is 16.0 Å². The molecule has 2 aromatic rings. The van der Waals surface area contributed by atoms with E-state index in [4.69, 9.17) is 0 Å². The summed E-state index contributed by atoms with van der Waals surface area (Å²) in [5, 5.41) is 2.98. The third-order valence-electron chi connectivity index (χ3n) is 4.86. The highest BCUT2D eigenvalue weighted by atomic mass is 79.9. The molecule has 2 aromatic carbocycles. The molecule has 26 heavy (non-hydrogen) atoms. The van der Waals surface area contributed by atoms with Crippen LogP contribution < -0.4 is 10.2 Å². The highest BCUT2D eigenvalue weighted by Crippen LogP contribution is 2.30. The molecule has 3 rings (SSSR count). The molecule has 4 nitrogen and oxygen atoms in total. The summed E-state index contributed by atoms with van der Waals surface area (Å²) in [5.74, 6) is -0.429. The lowest BCUT2D eigenvalue weighted by Gasteiger charge is -2.20. The van der Waals surface area contributed by atoms with Crippen molar-refractivity contribution < 1.29 is 9.59 Å². The molecule has 1 atom stereocenters. The van der Waals surface area contributed by atoms with Crippen LogP contribution in [0.2, 0.25) is 0 Å². The van der Waals surface area contributed by atoms with Crippen LogP contribution in [0.4, 0.5) is 11.4 Å². The van der Waals surface area contributed by atoms with Gasteiger partial charge < -0.3 is 10.2 Å². The van der Waals surface area contributed by atoms with Gasteiger partial charge in [0, 0.05) is 28.8 Å². The molecule has 1 N–H and O–H groups in total. The fourth-order valence-electron chi connectivity index (χ4n) is 3.45. The number of rotatable bonds is 4. The van der Waals surface area contributed by atoms with Crippen LogP contribution in [0.25, 0.3) is 0 Å². The minimum atomic E-state index is -0.336. The maximum absolute atomic E-state index is 12.7. The van der Waals surface area contributed by atoms with E-state index in [1.165, 1.54) is 0 Å². The molecule has 0 saturated carbocycles. The molecule has 5 heteroatoms. The van der Waals surface area contributed by atoms with E-state index in [1.807, 2.05) is 50.2 Å². The summed E-state index contributed by atoms with van der Waals surface area (Å²) in [6.45, 7) is 6.49. The summed E-state index contributed by atoms with van der Waals surface area (Å²) >= 11 is 3.54. The first kappa shape index (κ1) is 18.6. The van der Waals surface area contributed by atoms with Gasteiger partial charge in [-0.25, -0.2) is 0 Å². The van der Waals surface area contributed by atoms with Gasteiger partial charge >= 0.3 is 0 Å². The Morgan fingerprint density at radius 1 is 1.23 bits per heavy atom. The number of halogens is 1. The first-order chi connectivity index (χ1) is 12.4. The van der Waals surface area contributed by atoms with Crippen molar-refractivity contribution in [1.82, 2.24) is 0 Å². The zero-order chi connectivity index (χ0) is 18.8. The van der Waals surface area contributed by atoms with Gasteiger partial charge in [-0.3, -0.25) is 9.59 Å². The number of benzene rings is 2. The summed E-state index contributed by atoms with van der Waals surface area (Å²) in [4.78, 5) is 27.0. The molecule has 136 valence electrons. The van der Waals surface area contributed by atoms with E-state index in [0.29, 0.717) is 6.54 Å². The van der Waals surface area contributed by atoms with E-state index in [2.05, 4.69) is 28.2 Å². The number of carbonyl (C=O) groups is 2. The van der Waals surface area contributed by atoms with E-state index in [-0.39, 0.29) is 24.2 Å². The fraction of sp³-hybridized carbons (Fsp3) is 0.333. The molecule has 0 radical (unpaired) electrons. The van der Waals surface area contributed by atoms with Crippen LogP contribution in [0, 0.1) is 19.8 Å². The number of nitrogens with zero attached hydrogens (tertiary/aromatic N) is 1. The maximum Gasteiger partial charge on any atom is 0.229 e. The Morgan fingerprint density at radius 2 is 1.88 bits per heavy atom. The zero-order valence-corrected chi connectivity index (χ0v) is 16.9. The molecule has 1 aliphatic heterocycles. The molecule has 1 saturated heterocycles. The van der Waals surface area contributed by atoms with Gasteiger partial charge in [0.25, 0.3) is 0 Å². The fourth-order valence-corrected chi connectivity index (χ4v) is 3.68. The Bertz CT molecular complexity index is 840. The first-order valence-corrected chi connectivity index (χ1v) is 9.66. The minimum absolute atomic E-state index is 0.00853. The second kappa shape index (κ2) is 7.62. The zero-order valence-electron chi connectivity index (χ0n) is 15.3. The Balaban J connectivity index is 1.75. The lowest BCUT2D eigenvalue weighted by Crippen LogP contribution is -2.28. The second-order valence-electron chi connectivity index (χ2n) is 6.80. The van der Waals surface area contributed by atoms with Crippen molar-refractivity contribution in [3.8, 4) is 0 Å². The normalized spacial score (nSPS) is 16.8. The number of carbonyl (C=O) groups excluding carboxylic acids is 2. The van der Waals surface area contributed by atoms with Gasteiger partial charge in [-0.15, -0.1) is 0 Å². The van der Waals surface area contributed by atoms with Crippen molar-refractivity contribution >= 4 is 39.1 Å². The van der Waals surface area contributed by atoms with Gasteiger partial charge in [0.15, 0.2) is 0 Å². The molecule has 1 fully saturated rings. The topological polar surface area (TPSA) is 49.4 Å². The van der Waals surface area contributed by atoms with Crippen molar-refractivity contribution in [3.05, 3.63) is 57.6 Å². The number of hydrogen-bond donors (Lipinski definition) is 1.